The molecule has 0 spiro atoms. The number of nitrogens with zero attached hydrogens (tertiary/aromatic N) is 1. The highest BCUT2D eigenvalue weighted by atomic mass is 16.5. The van der Waals surface area contributed by atoms with Crippen molar-refractivity contribution < 1.29 is 14.3 Å². The van der Waals surface area contributed by atoms with Crippen LogP contribution in [0.5, 0.6) is 0 Å². The van der Waals surface area contributed by atoms with Gasteiger partial charge in [-0.3, -0.25) is 9.59 Å². The summed E-state index contributed by atoms with van der Waals surface area (Å²) in [5.74, 6) is 0.994. The molecule has 1 saturated heterocycles. The van der Waals surface area contributed by atoms with Crippen LogP contribution in [-0.2, 0) is 9.53 Å². The Morgan fingerprint density at radius 1 is 1.24 bits per heavy atom. The molecule has 1 aromatic rings. The van der Waals surface area contributed by atoms with Crippen LogP contribution >= 0.6 is 0 Å². The quantitative estimate of drug-likeness (QED) is 0.768. The van der Waals surface area contributed by atoms with Crippen LogP contribution in [0.3, 0.4) is 0 Å². The SMILES string of the molecule is CC(C)COCCC(=O)Nc1ccccc1C(=O)N1CCC(C)CC1. The molecule has 5 nitrogen and oxygen atoms in total. The van der Waals surface area contributed by atoms with Gasteiger partial charge in [0.1, 0.15) is 0 Å². The molecule has 1 N–H and O–H groups in total. The van der Waals surface area contributed by atoms with Crippen LogP contribution in [0.15, 0.2) is 24.3 Å². The van der Waals surface area contributed by atoms with Crippen molar-refractivity contribution in [3.63, 3.8) is 0 Å². The summed E-state index contributed by atoms with van der Waals surface area (Å²) in [4.78, 5) is 26.8. The molecular weight excluding hydrogens is 316 g/mol. The van der Waals surface area contributed by atoms with E-state index in [4.69, 9.17) is 4.74 Å². The van der Waals surface area contributed by atoms with Gasteiger partial charge in [0.2, 0.25) is 5.91 Å². The van der Waals surface area contributed by atoms with E-state index >= 15 is 0 Å². The van der Waals surface area contributed by atoms with E-state index in [0.29, 0.717) is 36.3 Å². The number of carbonyl (C=O) groups excluding carboxylic acids is 2. The zero-order valence-corrected chi connectivity index (χ0v) is 15.6. The van der Waals surface area contributed by atoms with Crippen molar-refractivity contribution >= 4 is 17.5 Å². The number of rotatable bonds is 7. The first kappa shape index (κ1) is 19.4. The predicted molar refractivity (Wildman–Crippen MR) is 99.6 cm³/mol. The summed E-state index contributed by atoms with van der Waals surface area (Å²) in [7, 11) is 0. The molecule has 25 heavy (non-hydrogen) atoms. The van der Waals surface area contributed by atoms with Crippen LogP contribution in [0.4, 0.5) is 5.69 Å². The number of benzene rings is 1. The van der Waals surface area contributed by atoms with Gasteiger partial charge in [0.15, 0.2) is 0 Å². The predicted octanol–water partition coefficient (Wildman–Crippen LogP) is 3.56. The standard InChI is InChI=1S/C20H30N2O3/c1-15(2)14-25-13-10-19(23)21-18-7-5-4-6-17(18)20(24)22-11-8-16(3)9-12-22/h4-7,15-16H,8-14H2,1-3H3,(H,21,23). The Morgan fingerprint density at radius 3 is 2.60 bits per heavy atom. The van der Waals surface area contributed by atoms with Crippen LogP contribution < -0.4 is 5.32 Å². The Balaban J connectivity index is 1.93. The van der Waals surface area contributed by atoms with E-state index in [1.54, 1.807) is 12.1 Å². The summed E-state index contributed by atoms with van der Waals surface area (Å²) in [6.45, 7) is 8.97. The molecule has 0 atom stereocenters. The minimum Gasteiger partial charge on any atom is -0.381 e. The van der Waals surface area contributed by atoms with Crippen LogP contribution in [0.1, 0.15) is 50.4 Å². The lowest BCUT2D eigenvalue weighted by molar-refractivity contribution is -0.117. The van der Waals surface area contributed by atoms with Crippen LogP contribution in [0, 0.1) is 11.8 Å². The Morgan fingerprint density at radius 2 is 1.92 bits per heavy atom. The number of piperidine rings is 1. The van der Waals surface area contributed by atoms with Crippen molar-refractivity contribution in [3.05, 3.63) is 29.8 Å². The molecule has 138 valence electrons. The van der Waals surface area contributed by atoms with E-state index < -0.39 is 0 Å². The van der Waals surface area contributed by atoms with E-state index in [1.165, 1.54) is 0 Å². The molecule has 0 saturated carbocycles. The number of anilines is 1. The maximum atomic E-state index is 12.8. The first-order valence-electron chi connectivity index (χ1n) is 9.23. The Kier molecular flexibility index (Phi) is 7.44. The summed E-state index contributed by atoms with van der Waals surface area (Å²) in [5, 5.41) is 2.86. The van der Waals surface area contributed by atoms with Crippen LogP contribution in [0.2, 0.25) is 0 Å². The molecule has 0 radical (unpaired) electrons. The monoisotopic (exact) mass is 346 g/mol. The van der Waals surface area contributed by atoms with Crippen molar-refractivity contribution in [3.8, 4) is 0 Å². The third kappa shape index (κ3) is 6.16. The number of hydrogen-bond acceptors (Lipinski definition) is 3. The molecule has 0 unspecified atom stereocenters. The first-order chi connectivity index (χ1) is 12.0. The number of nitrogens with one attached hydrogen (secondary N) is 1. The zero-order chi connectivity index (χ0) is 18.2. The second-order valence-electron chi connectivity index (χ2n) is 7.29. The second kappa shape index (κ2) is 9.56. The number of amides is 2. The van der Waals surface area contributed by atoms with Gasteiger partial charge in [0.25, 0.3) is 5.91 Å². The van der Waals surface area contributed by atoms with Gasteiger partial charge in [-0.05, 0) is 36.8 Å². The fourth-order valence-corrected chi connectivity index (χ4v) is 2.86. The highest BCUT2D eigenvalue weighted by molar-refractivity contribution is 6.03. The van der Waals surface area contributed by atoms with Crippen molar-refractivity contribution in [2.24, 2.45) is 11.8 Å². The normalized spacial score (nSPS) is 15.4. The molecule has 1 aliphatic rings. The number of carbonyl (C=O) groups is 2. The number of para-hydroxylation sites is 1. The van der Waals surface area contributed by atoms with E-state index in [0.717, 1.165) is 25.9 Å². The maximum absolute atomic E-state index is 12.8. The van der Waals surface area contributed by atoms with Crippen LogP contribution in [0.25, 0.3) is 0 Å². The molecule has 1 aromatic carbocycles. The van der Waals surface area contributed by atoms with Gasteiger partial charge in [-0.25, -0.2) is 0 Å². The average Bonchev–Trinajstić information content (AvgIpc) is 2.59. The lowest BCUT2D eigenvalue weighted by atomic mass is 9.98. The van der Waals surface area contributed by atoms with Crippen LogP contribution in [-0.4, -0.2) is 43.0 Å². The molecule has 0 aromatic heterocycles. The van der Waals surface area contributed by atoms with Gasteiger partial charge in [0, 0.05) is 19.7 Å². The summed E-state index contributed by atoms with van der Waals surface area (Å²) in [6.07, 6.45) is 2.36. The molecule has 1 aliphatic heterocycles. The second-order valence-corrected chi connectivity index (χ2v) is 7.29. The molecule has 0 bridgehead atoms. The molecule has 2 amide bonds. The van der Waals surface area contributed by atoms with Gasteiger partial charge >= 0.3 is 0 Å². The molecular formula is C20H30N2O3. The molecule has 2 rings (SSSR count). The van der Waals surface area contributed by atoms with Crippen molar-refractivity contribution in [1.82, 2.24) is 4.90 Å². The molecule has 1 heterocycles. The van der Waals surface area contributed by atoms with Gasteiger partial charge in [0.05, 0.1) is 24.3 Å². The number of likely N-dealkylation sites (tertiary alicyclic amines) is 1. The molecule has 1 fully saturated rings. The average molecular weight is 346 g/mol. The summed E-state index contributed by atoms with van der Waals surface area (Å²) < 4.78 is 5.45. The van der Waals surface area contributed by atoms with E-state index in [-0.39, 0.29) is 18.2 Å². The van der Waals surface area contributed by atoms with Gasteiger partial charge in [-0.2, -0.15) is 0 Å². The summed E-state index contributed by atoms with van der Waals surface area (Å²) in [5.41, 5.74) is 1.15. The third-order valence-electron chi connectivity index (χ3n) is 4.43. The Bertz CT molecular complexity index is 578. The van der Waals surface area contributed by atoms with E-state index in [2.05, 4.69) is 26.1 Å². The lowest BCUT2D eigenvalue weighted by Crippen LogP contribution is -2.38. The highest BCUT2D eigenvalue weighted by Crippen LogP contribution is 2.22. The van der Waals surface area contributed by atoms with E-state index in [9.17, 15) is 9.59 Å². The summed E-state index contributed by atoms with van der Waals surface area (Å²) >= 11 is 0. The van der Waals surface area contributed by atoms with Gasteiger partial charge in [-0.15, -0.1) is 0 Å². The topological polar surface area (TPSA) is 58.6 Å². The highest BCUT2D eigenvalue weighted by Gasteiger charge is 2.23. The smallest absolute Gasteiger partial charge is 0.255 e. The first-order valence-corrected chi connectivity index (χ1v) is 9.23. The molecule has 5 heteroatoms. The number of hydrogen-bond donors (Lipinski definition) is 1. The van der Waals surface area contributed by atoms with Crippen molar-refractivity contribution in [2.45, 2.75) is 40.0 Å². The van der Waals surface area contributed by atoms with Gasteiger partial charge < -0.3 is 15.0 Å². The van der Waals surface area contributed by atoms with Crippen molar-refractivity contribution in [2.75, 3.05) is 31.6 Å². The largest absolute Gasteiger partial charge is 0.381 e. The molecule has 0 aliphatic carbocycles. The van der Waals surface area contributed by atoms with Gasteiger partial charge in [-0.1, -0.05) is 32.9 Å². The lowest BCUT2D eigenvalue weighted by Gasteiger charge is -2.30. The summed E-state index contributed by atoms with van der Waals surface area (Å²) in [6, 6.07) is 7.24. The fourth-order valence-electron chi connectivity index (χ4n) is 2.86. The third-order valence-corrected chi connectivity index (χ3v) is 4.43. The number of ether oxygens (including phenoxy) is 1. The van der Waals surface area contributed by atoms with Crippen molar-refractivity contribution in [1.29, 1.82) is 0 Å². The maximum Gasteiger partial charge on any atom is 0.255 e. The fraction of sp³-hybridized carbons (Fsp3) is 0.600. The Hall–Kier alpha value is -1.88. The van der Waals surface area contributed by atoms with E-state index in [1.807, 2.05) is 17.0 Å². The zero-order valence-electron chi connectivity index (χ0n) is 15.6. The minimum atomic E-state index is -0.128. The minimum absolute atomic E-state index is 0.00106. The Labute approximate surface area is 150 Å².